The molecule has 0 aromatic rings. The highest BCUT2D eigenvalue weighted by molar-refractivity contribution is 5.57. The van der Waals surface area contributed by atoms with Crippen molar-refractivity contribution >= 4 is 6.21 Å². The molecule has 1 N–H and O–H groups in total. The van der Waals surface area contributed by atoms with Crippen molar-refractivity contribution in [2.45, 2.75) is 41.0 Å². The molecule has 0 saturated carbocycles. The Morgan fingerprint density at radius 1 is 1.38 bits per heavy atom. The van der Waals surface area contributed by atoms with Crippen molar-refractivity contribution in [3.8, 4) is 0 Å². The second-order valence-corrected chi connectivity index (χ2v) is 2.73. The Labute approximate surface area is 83.2 Å². The Kier molecular flexibility index (Phi) is 12.7. The molecule has 2 nitrogen and oxygen atoms in total. The van der Waals surface area contributed by atoms with Gasteiger partial charge < -0.3 is 5.32 Å². The third kappa shape index (κ3) is 9.12. The molecule has 0 atom stereocenters. The largest absolute Gasteiger partial charge is 0.390 e. The molecular formula is C11H24N2. The summed E-state index contributed by atoms with van der Waals surface area (Å²) in [5.41, 5.74) is 1.18. The Morgan fingerprint density at radius 3 is 2.23 bits per heavy atom. The summed E-state index contributed by atoms with van der Waals surface area (Å²) >= 11 is 0. The van der Waals surface area contributed by atoms with E-state index in [2.05, 4.69) is 31.1 Å². The molecule has 0 bridgehead atoms. The van der Waals surface area contributed by atoms with E-state index in [-0.39, 0.29) is 0 Å². The van der Waals surface area contributed by atoms with Gasteiger partial charge in [-0.1, -0.05) is 34.6 Å². The molecule has 0 fully saturated rings. The first-order valence-electron chi connectivity index (χ1n) is 5.11. The molecule has 0 aromatic heterocycles. The van der Waals surface area contributed by atoms with E-state index in [1.807, 2.05) is 33.3 Å². The van der Waals surface area contributed by atoms with Crippen LogP contribution in [0.25, 0.3) is 0 Å². The van der Waals surface area contributed by atoms with Crippen molar-refractivity contribution in [1.29, 1.82) is 0 Å². The smallest absolute Gasteiger partial charge is 0.0456 e. The summed E-state index contributed by atoms with van der Waals surface area (Å²) in [4.78, 5) is 4.13. The molecule has 0 aliphatic heterocycles. The van der Waals surface area contributed by atoms with E-state index in [4.69, 9.17) is 0 Å². The fourth-order valence-corrected chi connectivity index (χ4v) is 0.741. The molecule has 0 aliphatic rings. The first-order valence-corrected chi connectivity index (χ1v) is 5.11. The summed E-state index contributed by atoms with van der Waals surface area (Å²) in [5, 5.41) is 3.11. The minimum Gasteiger partial charge on any atom is -0.390 e. The van der Waals surface area contributed by atoms with E-state index in [9.17, 15) is 0 Å². The normalized spacial score (nSPS) is 11.5. The van der Waals surface area contributed by atoms with Gasteiger partial charge >= 0.3 is 0 Å². The van der Waals surface area contributed by atoms with Crippen LogP contribution in [0.5, 0.6) is 0 Å². The number of rotatable bonds is 4. The number of hydrogen-bond donors (Lipinski definition) is 1. The predicted molar refractivity (Wildman–Crippen MR) is 62.1 cm³/mol. The fraction of sp³-hybridized carbons (Fsp3) is 0.727. The third-order valence-corrected chi connectivity index (χ3v) is 1.41. The van der Waals surface area contributed by atoms with E-state index in [0.717, 1.165) is 6.42 Å². The van der Waals surface area contributed by atoms with Crippen molar-refractivity contribution in [3.05, 3.63) is 11.9 Å². The monoisotopic (exact) mass is 184 g/mol. The van der Waals surface area contributed by atoms with Crippen molar-refractivity contribution in [2.75, 3.05) is 7.05 Å². The molecule has 0 saturated heterocycles. The lowest BCUT2D eigenvalue weighted by Gasteiger charge is -2.07. The summed E-state index contributed by atoms with van der Waals surface area (Å²) in [6.07, 6.45) is 4.78. The molecule has 0 rings (SSSR count). The van der Waals surface area contributed by atoms with Crippen LogP contribution in [0.4, 0.5) is 0 Å². The van der Waals surface area contributed by atoms with Crippen LogP contribution in [0.3, 0.4) is 0 Å². The maximum absolute atomic E-state index is 4.13. The Bertz CT molecular complexity index is 146. The van der Waals surface area contributed by atoms with Crippen LogP contribution in [-0.4, -0.2) is 13.3 Å². The molecule has 0 spiro atoms. The number of hydrogen-bond acceptors (Lipinski definition) is 2. The SMILES string of the molecule is CC.CCC=N/C=C(\NC)C(C)C. The van der Waals surface area contributed by atoms with Gasteiger partial charge in [-0.15, -0.1) is 0 Å². The van der Waals surface area contributed by atoms with Crippen LogP contribution in [0.15, 0.2) is 16.9 Å². The van der Waals surface area contributed by atoms with Crippen LogP contribution >= 0.6 is 0 Å². The lowest BCUT2D eigenvalue weighted by molar-refractivity contribution is 0.696. The maximum Gasteiger partial charge on any atom is 0.0456 e. The van der Waals surface area contributed by atoms with Crippen molar-refractivity contribution in [1.82, 2.24) is 5.32 Å². The van der Waals surface area contributed by atoms with Gasteiger partial charge in [0, 0.05) is 25.2 Å². The molecule has 0 aromatic carbocycles. The number of nitrogens with one attached hydrogen (secondary N) is 1. The van der Waals surface area contributed by atoms with Crippen LogP contribution in [-0.2, 0) is 0 Å². The summed E-state index contributed by atoms with van der Waals surface area (Å²) in [7, 11) is 1.92. The van der Waals surface area contributed by atoms with E-state index in [1.54, 1.807) is 0 Å². The Hall–Kier alpha value is -0.790. The van der Waals surface area contributed by atoms with Gasteiger partial charge in [0.2, 0.25) is 0 Å². The van der Waals surface area contributed by atoms with Crippen LogP contribution in [0.1, 0.15) is 41.0 Å². The summed E-state index contributed by atoms with van der Waals surface area (Å²) < 4.78 is 0. The van der Waals surface area contributed by atoms with Crippen molar-refractivity contribution in [3.63, 3.8) is 0 Å². The summed E-state index contributed by atoms with van der Waals surface area (Å²) in [6, 6.07) is 0. The van der Waals surface area contributed by atoms with Crippen molar-refractivity contribution < 1.29 is 0 Å². The maximum atomic E-state index is 4.13. The zero-order valence-electron chi connectivity index (χ0n) is 9.89. The van der Waals surface area contributed by atoms with Gasteiger partial charge in [-0.2, -0.15) is 0 Å². The van der Waals surface area contributed by atoms with Gasteiger partial charge in [-0.25, -0.2) is 0 Å². The molecule has 0 amide bonds. The van der Waals surface area contributed by atoms with E-state index in [0.29, 0.717) is 5.92 Å². The van der Waals surface area contributed by atoms with Gasteiger partial charge in [0.05, 0.1) is 0 Å². The third-order valence-electron chi connectivity index (χ3n) is 1.41. The molecule has 78 valence electrons. The van der Waals surface area contributed by atoms with Crippen LogP contribution in [0.2, 0.25) is 0 Å². The summed E-state index contributed by atoms with van der Waals surface area (Å²) in [6.45, 7) is 10.4. The van der Waals surface area contributed by atoms with Gasteiger partial charge in [-0.05, 0) is 12.3 Å². The second kappa shape index (κ2) is 11.2. The fourth-order valence-electron chi connectivity index (χ4n) is 0.741. The molecule has 2 heteroatoms. The van der Waals surface area contributed by atoms with Gasteiger partial charge in [0.15, 0.2) is 0 Å². The second-order valence-electron chi connectivity index (χ2n) is 2.73. The standard InChI is InChI=1S/C9H18N2.C2H6/c1-5-6-11-7-9(10-4)8(2)3;1-2/h6-8,10H,5H2,1-4H3;1-2H3/b9-7-,11-6?;. The highest BCUT2D eigenvalue weighted by Gasteiger charge is 1.97. The van der Waals surface area contributed by atoms with E-state index >= 15 is 0 Å². The summed E-state index contributed by atoms with van der Waals surface area (Å²) in [5.74, 6) is 0.522. The molecule has 13 heavy (non-hydrogen) atoms. The number of aliphatic imine (C=N–C) groups is 1. The van der Waals surface area contributed by atoms with E-state index in [1.165, 1.54) is 5.70 Å². The van der Waals surface area contributed by atoms with E-state index < -0.39 is 0 Å². The predicted octanol–water partition coefficient (Wildman–Crippen LogP) is 3.21. The molecule has 0 unspecified atom stereocenters. The Balaban J connectivity index is 0. The molecule has 0 heterocycles. The van der Waals surface area contributed by atoms with Gasteiger partial charge in [-0.3, -0.25) is 4.99 Å². The number of allylic oxidation sites excluding steroid dienone is 1. The highest BCUT2D eigenvalue weighted by atomic mass is 14.9. The Morgan fingerprint density at radius 2 is 1.92 bits per heavy atom. The topological polar surface area (TPSA) is 24.4 Å². The molecule has 0 aliphatic carbocycles. The number of nitrogens with zero attached hydrogens (tertiary/aromatic N) is 1. The first kappa shape index (κ1) is 14.7. The van der Waals surface area contributed by atoms with Gasteiger partial charge in [0.1, 0.15) is 0 Å². The lowest BCUT2D eigenvalue weighted by atomic mass is 10.1. The molecule has 0 radical (unpaired) electrons. The highest BCUT2D eigenvalue weighted by Crippen LogP contribution is 2.04. The van der Waals surface area contributed by atoms with Crippen LogP contribution in [0, 0.1) is 5.92 Å². The first-order chi connectivity index (χ1) is 6.22. The average molecular weight is 184 g/mol. The quantitative estimate of drug-likeness (QED) is 0.667. The van der Waals surface area contributed by atoms with Crippen LogP contribution < -0.4 is 5.32 Å². The zero-order chi connectivity index (χ0) is 10.7. The van der Waals surface area contributed by atoms with Gasteiger partial charge in [0.25, 0.3) is 0 Å². The lowest BCUT2D eigenvalue weighted by Crippen LogP contribution is -2.10. The average Bonchev–Trinajstić information content (AvgIpc) is 2.15. The zero-order valence-corrected chi connectivity index (χ0v) is 9.89. The minimum absolute atomic E-state index is 0.522. The minimum atomic E-state index is 0.522. The van der Waals surface area contributed by atoms with Crippen molar-refractivity contribution in [2.24, 2.45) is 10.9 Å². The molecular weight excluding hydrogens is 160 g/mol.